The van der Waals surface area contributed by atoms with Crippen LogP contribution in [0.25, 0.3) is 0 Å². The Morgan fingerprint density at radius 3 is 2.73 bits per heavy atom. The first-order valence-electron chi connectivity index (χ1n) is 4.42. The average Bonchev–Trinajstić information content (AvgIpc) is 2.20. The Hall–Kier alpha value is -1.42. The molecule has 0 saturated heterocycles. The Morgan fingerprint density at radius 1 is 1.47 bits per heavy atom. The number of aliphatic carboxylic acids is 1. The van der Waals surface area contributed by atoms with Gasteiger partial charge in [-0.25, -0.2) is 4.79 Å². The van der Waals surface area contributed by atoms with Crippen LogP contribution in [0, 0.1) is 0 Å². The topological polar surface area (TPSA) is 57.5 Å². The maximum absolute atomic E-state index is 10.5. The number of hydrogen-bond acceptors (Lipinski definition) is 3. The molecule has 0 radical (unpaired) electrons. The lowest BCUT2D eigenvalue weighted by atomic mass is 10.3. The van der Waals surface area contributed by atoms with E-state index in [1.807, 2.05) is 6.07 Å². The van der Waals surface area contributed by atoms with Crippen molar-refractivity contribution in [2.75, 3.05) is 5.75 Å². The summed E-state index contributed by atoms with van der Waals surface area (Å²) >= 11 is 1.40. The third-order valence-electron chi connectivity index (χ3n) is 1.83. The van der Waals surface area contributed by atoms with Crippen molar-refractivity contribution in [2.24, 2.45) is 0 Å². The van der Waals surface area contributed by atoms with E-state index in [0.29, 0.717) is 11.3 Å². The summed E-state index contributed by atoms with van der Waals surface area (Å²) in [5, 5.41) is 18.0. The smallest absolute Gasteiger partial charge is 0.330 e. The first kappa shape index (κ1) is 11.7. The van der Waals surface area contributed by atoms with Crippen LogP contribution >= 0.6 is 11.8 Å². The van der Waals surface area contributed by atoms with Crippen LogP contribution in [0.15, 0.2) is 40.8 Å². The molecule has 80 valence electrons. The van der Waals surface area contributed by atoms with Crippen LogP contribution in [0.2, 0.25) is 0 Å². The molecule has 1 aromatic carbocycles. The predicted octanol–water partition coefficient (Wildman–Crippen LogP) is 2.52. The van der Waals surface area contributed by atoms with Crippen molar-refractivity contribution in [2.45, 2.75) is 11.8 Å². The Balaban J connectivity index is 2.55. The van der Waals surface area contributed by atoms with Gasteiger partial charge in [0.25, 0.3) is 0 Å². The maximum Gasteiger partial charge on any atom is 0.330 e. The van der Waals surface area contributed by atoms with Crippen molar-refractivity contribution < 1.29 is 15.0 Å². The number of carbonyl (C=O) groups is 1. The SMILES string of the molecule is CC(=CCSc1ccccc1O)C(=O)O. The third-order valence-corrected chi connectivity index (χ3v) is 2.82. The van der Waals surface area contributed by atoms with Gasteiger partial charge in [-0.1, -0.05) is 18.2 Å². The number of thioether (sulfide) groups is 1. The van der Waals surface area contributed by atoms with E-state index in [1.54, 1.807) is 31.2 Å². The van der Waals surface area contributed by atoms with Gasteiger partial charge in [-0.3, -0.25) is 0 Å². The number of phenolic OH excluding ortho intramolecular Hbond substituents is 1. The summed E-state index contributed by atoms with van der Waals surface area (Å²) in [6.07, 6.45) is 1.62. The number of phenols is 1. The second kappa shape index (κ2) is 5.46. The zero-order valence-corrected chi connectivity index (χ0v) is 9.12. The van der Waals surface area contributed by atoms with E-state index in [1.165, 1.54) is 11.8 Å². The van der Waals surface area contributed by atoms with Gasteiger partial charge < -0.3 is 10.2 Å². The molecule has 2 N–H and O–H groups in total. The highest BCUT2D eigenvalue weighted by molar-refractivity contribution is 7.99. The number of carboxylic acid groups (broad SMARTS) is 1. The Kier molecular flexibility index (Phi) is 4.24. The normalized spacial score (nSPS) is 11.4. The van der Waals surface area contributed by atoms with Crippen LogP contribution in [-0.2, 0) is 4.79 Å². The summed E-state index contributed by atoms with van der Waals surface area (Å²) in [7, 11) is 0. The number of aromatic hydroxyl groups is 1. The first-order valence-corrected chi connectivity index (χ1v) is 5.40. The largest absolute Gasteiger partial charge is 0.507 e. The van der Waals surface area contributed by atoms with E-state index in [9.17, 15) is 9.90 Å². The summed E-state index contributed by atoms with van der Waals surface area (Å²) in [5.41, 5.74) is 0.318. The molecular weight excluding hydrogens is 212 g/mol. The lowest BCUT2D eigenvalue weighted by Gasteiger charge is -2.01. The first-order chi connectivity index (χ1) is 7.11. The molecule has 4 heteroatoms. The molecule has 1 rings (SSSR count). The summed E-state index contributed by atoms with van der Waals surface area (Å²) in [6, 6.07) is 6.98. The van der Waals surface area contributed by atoms with E-state index in [0.717, 1.165) is 4.90 Å². The summed E-state index contributed by atoms with van der Waals surface area (Å²) in [6.45, 7) is 1.55. The number of carboxylic acids is 1. The second-order valence-corrected chi connectivity index (χ2v) is 4.03. The molecule has 3 nitrogen and oxygen atoms in total. The van der Waals surface area contributed by atoms with Crippen LogP contribution in [0.4, 0.5) is 0 Å². The molecule has 0 unspecified atom stereocenters. The fourth-order valence-electron chi connectivity index (χ4n) is 0.923. The van der Waals surface area contributed by atoms with Gasteiger partial charge in [-0.15, -0.1) is 11.8 Å². The van der Waals surface area contributed by atoms with E-state index >= 15 is 0 Å². The van der Waals surface area contributed by atoms with Crippen molar-refractivity contribution in [1.29, 1.82) is 0 Å². The average molecular weight is 224 g/mol. The van der Waals surface area contributed by atoms with Crippen LogP contribution in [0.3, 0.4) is 0 Å². The van der Waals surface area contributed by atoms with E-state index in [-0.39, 0.29) is 5.75 Å². The Bertz CT molecular complexity index is 385. The van der Waals surface area contributed by atoms with Gasteiger partial charge in [0.15, 0.2) is 0 Å². The van der Waals surface area contributed by atoms with Crippen molar-refractivity contribution in [3.63, 3.8) is 0 Å². The molecule has 0 aliphatic carbocycles. The fourth-order valence-corrected chi connectivity index (χ4v) is 1.83. The summed E-state index contributed by atoms with van der Waals surface area (Å²) in [4.78, 5) is 11.2. The van der Waals surface area contributed by atoms with Crippen molar-refractivity contribution >= 4 is 17.7 Å². The molecule has 0 saturated carbocycles. The van der Waals surface area contributed by atoms with Gasteiger partial charge in [0.1, 0.15) is 5.75 Å². The van der Waals surface area contributed by atoms with Gasteiger partial charge >= 0.3 is 5.97 Å². The summed E-state index contributed by atoms with van der Waals surface area (Å²) in [5.74, 6) is -0.146. The number of rotatable bonds is 4. The number of hydrogen-bond donors (Lipinski definition) is 2. The Labute approximate surface area is 92.4 Å². The minimum Gasteiger partial charge on any atom is -0.507 e. The van der Waals surface area contributed by atoms with Gasteiger partial charge in [0, 0.05) is 16.2 Å². The predicted molar refractivity (Wildman–Crippen MR) is 60.2 cm³/mol. The lowest BCUT2D eigenvalue weighted by molar-refractivity contribution is -0.132. The number of para-hydroxylation sites is 1. The zero-order valence-electron chi connectivity index (χ0n) is 8.30. The maximum atomic E-state index is 10.5. The highest BCUT2D eigenvalue weighted by Crippen LogP contribution is 2.27. The molecular formula is C11H12O3S. The van der Waals surface area contributed by atoms with Gasteiger partial charge in [-0.2, -0.15) is 0 Å². The molecule has 1 aromatic rings. The second-order valence-electron chi connectivity index (χ2n) is 2.97. The van der Waals surface area contributed by atoms with Crippen molar-refractivity contribution in [3.05, 3.63) is 35.9 Å². The molecule has 15 heavy (non-hydrogen) atoms. The van der Waals surface area contributed by atoms with Gasteiger partial charge in [0.05, 0.1) is 0 Å². The monoisotopic (exact) mass is 224 g/mol. The Morgan fingerprint density at radius 2 is 2.13 bits per heavy atom. The van der Waals surface area contributed by atoms with Crippen LogP contribution in [0.1, 0.15) is 6.92 Å². The molecule has 0 aliphatic heterocycles. The third kappa shape index (κ3) is 3.67. The molecule has 0 fully saturated rings. The zero-order chi connectivity index (χ0) is 11.3. The van der Waals surface area contributed by atoms with Crippen LogP contribution in [0.5, 0.6) is 5.75 Å². The lowest BCUT2D eigenvalue weighted by Crippen LogP contribution is -1.96. The van der Waals surface area contributed by atoms with Crippen LogP contribution < -0.4 is 0 Å². The molecule has 0 heterocycles. The van der Waals surface area contributed by atoms with E-state index in [2.05, 4.69) is 0 Å². The molecule has 0 aromatic heterocycles. The minimum absolute atomic E-state index is 0.226. The summed E-state index contributed by atoms with van der Waals surface area (Å²) < 4.78 is 0. The molecule has 0 aliphatic rings. The van der Waals surface area contributed by atoms with E-state index in [4.69, 9.17) is 5.11 Å². The van der Waals surface area contributed by atoms with Crippen molar-refractivity contribution in [1.82, 2.24) is 0 Å². The molecule has 0 spiro atoms. The van der Waals surface area contributed by atoms with Gasteiger partial charge in [0.2, 0.25) is 0 Å². The van der Waals surface area contributed by atoms with Crippen molar-refractivity contribution in [3.8, 4) is 5.75 Å². The molecule has 0 bridgehead atoms. The quantitative estimate of drug-likeness (QED) is 0.609. The highest BCUT2D eigenvalue weighted by atomic mass is 32.2. The van der Waals surface area contributed by atoms with Crippen LogP contribution in [-0.4, -0.2) is 21.9 Å². The standard InChI is InChI=1S/C11H12O3S/c1-8(11(13)14)6-7-15-10-5-3-2-4-9(10)12/h2-6,12H,7H2,1H3,(H,13,14). The molecule has 0 atom stereocenters. The van der Waals surface area contributed by atoms with Gasteiger partial charge in [-0.05, 0) is 19.1 Å². The van der Waals surface area contributed by atoms with E-state index < -0.39 is 5.97 Å². The minimum atomic E-state index is -0.909. The highest BCUT2D eigenvalue weighted by Gasteiger charge is 2.01. The number of benzene rings is 1. The fraction of sp³-hybridized carbons (Fsp3) is 0.182. The molecule has 0 amide bonds.